The van der Waals surface area contributed by atoms with Crippen molar-refractivity contribution in [2.75, 3.05) is 0 Å². The van der Waals surface area contributed by atoms with E-state index < -0.39 is 0 Å². The summed E-state index contributed by atoms with van der Waals surface area (Å²) in [4.78, 5) is 0. The fourth-order valence-electron chi connectivity index (χ4n) is 3.89. The highest BCUT2D eigenvalue weighted by atomic mass is 19.1. The molecular formula is C22H25FO. The summed E-state index contributed by atoms with van der Waals surface area (Å²) in [6, 6.07) is 15.0. The molecule has 0 bridgehead atoms. The predicted octanol–water partition coefficient (Wildman–Crippen LogP) is 6.38. The molecule has 0 N–H and O–H groups in total. The van der Waals surface area contributed by atoms with Gasteiger partial charge in [-0.05, 0) is 67.5 Å². The minimum atomic E-state index is -0.196. The van der Waals surface area contributed by atoms with Crippen LogP contribution in [0.3, 0.4) is 0 Å². The molecule has 1 aliphatic carbocycles. The quantitative estimate of drug-likeness (QED) is 0.591. The zero-order valence-electron chi connectivity index (χ0n) is 14.7. The lowest BCUT2D eigenvalue weighted by atomic mass is 9.81. The van der Waals surface area contributed by atoms with Crippen LogP contribution < -0.4 is 4.74 Å². The fraction of sp³-hybridized carbons (Fsp3) is 0.364. The zero-order valence-corrected chi connectivity index (χ0v) is 14.7. The molecule has 4 rings (SSSR count). The molecule has 1 aliphatic heterocycles. The summed E-state index contributed by atoms with van der Waals surface area (Å²) in [6.45, 7) is 6.18. The minimum absolute atomic E-state index is 0.169. The molecule has 2 aromatic carbocycles. The average Bonchev–Trinajstić information content (AvgIpc) is 3.09. The van der Waals surface area contributed by atoms with Gasteiger partial charge in [-0.25, -0.2) is 4.39 Å². The van der Waals surface area contributed by atoms with Gasteiger partial charge in [0.25, 0.3) is 0 Å². The molecule has 0 aromatic heterocycles. The first-order valence-electron chi connectivity index (χ1n) is 8.95. The normalized spacial score (nSPS) is 17.8. The van der Waals surface area contributed by atoms with E-state index in [0.717, 1.165) is 29.7 Å². The highest BCUT2D eigenvalue weighted by Crippen LogP contribution is 2.49. The average molecular weight is 324 g/mol. The molecule has 1 nitrogen and oxygen atoms in total. The molecule has 1 spiro atoms. The minimum Gasteiger partial charge on any atom is -0.482 e. The maximum atomic E-state index is 13.3. The van der Waals surface area contributed by atoms with E-state index in [1.807, 2.05) is 44.2 Å². The summed E-state index contributed by atoms with van der Waals surface area (Å²) < 4.78 is 19.7. The standard InChI is InChI=1S/C20H19FO.C2H6/c1-14-19(15-8-10-16(21)11-9-15)17-6-2-3-7-18(17)22-20(14)12-4-5-13-20;1-2/h2-3,6-11H,4-5,12-13H2,1H3;1-2H3. The van der Waals surface area contributed by atoms with Crippen molar-refractivity contribution in [1.82, 2.24) is 0 Å². The number of hydrogen-bond acceptors (Lipinski definition) is 1. The number of fused-ring (bicyclic) bond motifs is 1. The van der Waals surface area contributed by atoms with Gasteiger partial charge in [-0.3, -0.25) is 0 Å². The van der Waals surface area contributed by atoms with Crippen LogP contribution in [0.5, 0.6) is 5.75 Å². The third kappa shape index (κ3) is 2.75. The van der Waals surface area contributed by atoms with Crippen LogP contribution in [0.2, 0.25) is 0 Å². The summed E-state index contributed by atoms with van der Waals surface area (Å²) >= 11 is 0. The monoisotopic (exact) mass is 324 g/mol. The third-order valence-corrected chi connectivity index (χ3v) is 5.06. The molecular weight excluding hydrogens is 299 g/mol. The summed E-state index contributed by atoms with van der Waals surface area (Å²) in [5, 5.41) is 0. The maximum absolute atomic E-state index is 13.3. The maximum Gasteiger partial charge on any atom is 0.131 e. The number of benzene rings is 2. The van der Waals surface area contributed by atoms with Crippen molar-refractivity contribution in [3.05, 3.63) is 71.0 Å². The summed E-state index contributed by atoms with van der Waals surface area (Å²) in [7, 11) is 0. The molecule has 2 aliphatic rings. The lowest BCUT2D eigenvalue weighted by Crippen LogP contribution is -2.37. The fourth-order valence-corrected chi connectivity index (χ4v) is 3.89. The smallest absolute Gasteiger partial charge is 0.131 e. The Kier molecular flexibility index (Phi) is 4.75. The van der Waals surface area contributed by atoms with Crippen LogP contribution in [0.25, 0.3) is 5.57 Å². The Morgan fingerprint density at radius 1 is 0.917 bits per heavy atom. The number of hydrogen-bond donors (Lipinski definition) is 0. The van der Waals surface area contributed by atoms with Gasteiger partial charge in [0.15, 0.2) is 0 Å². The second-order valence-electron chi connectivity index (χ2n) is 6.31. The second kappa shape index (κ2) is 6.80. The summed E-state index contributed by atoms with van der Waals surface area (Å²) in [6.07, 6.45) is 4.54. The molecule has 24 heavy (non-hydrogen) atoms. The third-order valence-electron chi connectivity index (χ3n) is 5.06. The van der Waals surface area contributed by atoms with E-state index in [1.54, 1.807) is 0 Å². The van der Waals surface area contributed by atoms with Crippen molar-refractivity contribution in [3.63, 3.8) is 0 Å². The largest absolute Gasteiger partial charge is 0.482 e. The van der Waals surface area contributed by atoms with Crippen LogP contribution in [0, 0.1) is 5.82 Å². The van der Waals surface area contributed by atoms with Crippen LogP contribution in [-0.2, 0) is 0 Å². The van der Waals surface area contributed by atoms with Gasteiger partial charge in [0.1, 0.15) is 17.2 Å². The molecule has 126 valence electrons. The van der Waals surface area contributed by atoms with Crippen molar-refractivity contribution in [3.8, 4) is 5.75 Å². The topological polar surface area (TPSA) is 9.23 Å². The SMILES string of the molecule is CC.CC1=C(c2ccc(F)cc2)c2ccccc2OC12CCCC2. The van der Waals surface area contributed by atoms with E-state index in [9.17, 15) is 4.39 Å². The van der Waals surface area contributed by atoms with Gasteiger partial charge in [0.05, 0.1) is 0 Å². The predicted molar refractivity (Wildman–Crippen MR) is 97.7 cm³/mol. The van der Waals surface area contributed by atoms with Crippen molar-refractivity contribution in [2.24, 2.45) is 0 Å². The Morgan fingerprint density at radius 3 is 2.21 bits per heavy atom. The van der Waals surface area contributed by atoms with Crippen molar-refractivity contribution < 1.29 is 9.13 Å². The van der Waals surface area contributed by atoms with Crippen molar-refractivity contribution >= 4 is 5.57 Å². The summed E-state index contributed by atoms with van der Waals surface area (Å²) in [5.41, 5.74) is 4.52. The van der Waals surface area contributed by atoms with Gasteiger partial charge in [0.2, 0.25) is 0 Å². The number of halogens is 1. The lowest BCUT2D eigenvalue weighted by Gasteiger charge is -2.38. The van der Waals surface area contributed by atoms with Gasteiger partial charge in [-0.1, -0.05) is 44.2 Å². The molecule has 1 heterocycles. The van der Waals surface area contributed by atoms with Crippen molar-refractivity contribution in [2.45, 2.75) is 52.1 Å². The van der Waals surface area contributed by atoms with Gasteiger partial charge < -0.3 is 4.74 Å². The first-order valence-corrected chi connectivity index (χ1v) is 8.95. The number of para-hydroxylation sites is 1. The Bertz CT molecular complexity index is 737. The van der Waals surface area contributed by atoms with Gasteiger partial charge in [-0.15, -0.1) is 0 Å². The van der Waals surface area contributed by atoms with E-state index >= 15 is 0 Å². The molecule has 0 amide bonds. The lowest BCUT2D eigenvalue weighted by molar-refractivity contribution is 0.111. The van der Waals surface area contributed by atoms with E-state index in [4.69, 9.17) is 4.74 Å². The summed E-state index contributed by atoms with van der Waals surface area (Å²) in [5.74, 6) is 0.757. The Hall–Kier alpha value is -2.09. The molecule has 2 heteroatoms. The highest BCUT2D eigenvalue weighted by Gasteiger charge is 2.42. The van der Waals surface area contributed by atoms with E-state index in [2.05, 4.69) is 13.0 Å². The second-order valence-corrected chi connectivity index (χ2v) is 6.31. The molecule has 2 aromatic rings. The van der Waals surface area contributed by atoms with E-state index in [0.29, 0.717) is 0 Å². The van der Waals surface area contributed by atoms with Crippen LogP contribution in [0.4, 0.5) is 4.39 Å². The van der Waals surface area contributed by atoms with Crippen LogP contribution >= 0.6 is 0 Å². The van der Waals surface area contributed by atoms with Crippen molar-refractivity contribution in [1.29, 1.82) is 0 Å². The van der Waals surface area contributed by atoms with Gasteiger partial charge in [-0.2, -0.15) is 0 Å². The van der Waals surface area contributed by atoms with E-state index in [1.165, 1.54) is 36.1 Å². The number of ether oxygens (including phenoxy) is 1. The van der Waals surface area contributed by atoms with E-state index in [-0.39, 0.29) is 11.4 Å². The molecule has 0 saturated heterocycles. The molecule has 1 saturated carbocycles. The van der Waals surface area contributed by atoms with Crippen LogP contribution in [0.1, 0.15) is 57.6 Å². The Labute approximate surface area is 144 Å². The first kappa shape index (κ1) is 16.8. The molecule has 0 unspecified atom stereocenters. The molecule has 0 atom stereocenters. The van der Waals surface area contributed by atoms with Crippen LogP contribution in [-0.4, -0.2) is 5.60 Å². The van der Waals surface area contributed by atoms with Crippen LogP contribution in [0.15, 0.2) is 54.1 Å². The highest BCUT2D eigenvalue weighted by molar-refractivity contribution is 5.87. The Balaban J connectivity index is 0.000000815. The first-order chi connectivity index (χ1) is 11.7. The van der Waals surface area contributed by atoms with Gasteiger partial charge >= 0.3 is 0 Å². The number of rotatable bonds is 1. The zero-order chi connectivity index (χ0) is 17.2. The van der Waals surface area contributed by atoms with Gasteiger partial charge in [0, 0.05) is 5.56 Å². The molecule has 0 radical (unpaired) electrons. The Morgan fingerprint density at radius 2 is 1.54 bits per heavy atom. The molecule has 1 fully saturated rings.